The number of carbonyl (C=O) groups is 1. The molecule has 25 heavy (non-hydrogen) atoms. The minimum absolute atomic E-state index is 0.0397. The molecule has 0 bridgehead atoms. The summed E-state index contributed by atoms with van der Waals surface area (Å²) in [4.78, 5) is 14.3. The van der Waals surface area contributed by atoms with Crippen LogP contribution in [0.1, 0.15) is 24.0 Å². The molecule has 0 saturated carbocycles. The Kier molecular flexibility index (Phi) is 3.95. The summed E-state index contributed by atoms with van der Waals surface area (Å²) in [5.74, 6) is 0.129. The van der Waals surface area contributed by atoms with E-state index < -0.39 is 10.0 Å². The predicted molar refractivity (Wildman–Crippen MR) is 96.9 cm³/mol. The third kappa shape index (κ3) is 3.24. The molecule has 7 heteroatoms. The molecule has 1 aromatic carbocycles. The molecule has 2 heterocycles. The number of amides is 1. The Morgan fingerprint density at radius 1 is 1.16 bits per heavy atom. The Morgan fingerprint density at radius 2 is 2.00 bits per heavy atom. The summed E-state index contributed by atoms with van der Waals surface area (Å²) in [6.45, 7) is 0.309. The van der Waals surface area contributed by atoms with Crippen molar-refractivity contribution in [3.05, 3.63) is 53.3 Å². The van der Waals surface area contributed by atoms with Crippen LogP contribution < -0.4 is 5.32 Å². The van der Waals surface area contributed by atoms with Gasteiger partial charge in [-0.2, -0.15) is 0 Å². The van der Waals surface area contributed by atoms with Gasteiger partial charge in [0.25, 0.3) is 15.9 Å². The monoisotopic (exact) mass is 357 g/mol. The van der Waals surface area contributed by atoms with Gasteiger partial charge in [0.1, 0.15) is 5.84 Å². The van der Waals surface area contributed by atoms with Crippen LogP contribution >= 0.6 is 0 Å². The van der Waals surface area contributed by atoms with E-state index in [2.05, 4.69) is 15.8 Å². The molecule has 1 aliphatic carbocycles. The van der Waals surface area contributed by atoms with Crippen LogP contribution in [0.5, 0.6) is 0 Å². The lowest BCUT2D eigenvalue weighted by molar-refractivity contribution is -0.112. The summed E-state index contributed by atoms with van der Waals surface area (Å²) in [7, 11) is -3.38. The molecular weight excluding hydrogens is 338 g/mol. The lowest BCUT2D eigenvalue weighted by atomic mass is 9.90. The summed E-state index contributed by atoms with van der Waals surface area (Å²) in [5.41, 5.74) is 3.91. The van der Waals surface area contributed by atoms with E-state index in [4.69, 9.17) is 0 Å². The molecule has 4 rings (SSSR count). The molecule has 0 atom stereocenters. The highest BCUT2D eigenvalue weighted by Gasteiger charge is 2.25. The van der Waals surface area contributed by atoms with Gasteiger partial charge >= 0.3 is 0 Å². The van der Waals surface area contributed by atoms with Crippen molar-refractivity contribution in [3.8, 4) is 0 Å². The lowest BCUT2D eigenvalue weighted by Gasteiger charge is -2.27. The van der Waals surface area contributed by atoms with Gasteiger partial charge in [-0.15, -0.1) is 4.40 Å². The van der Waals surface area contributed by atoms with Crippen LogP contribution in [0.25, 0.3) is 0 Å². The minimum Gasteiger partial charge on any atom is -0.330 e. The third-order valence-corrected chi connectivity index (χ3v) is 5.89. The number of rotatable bonds is 2. The van der Waals surface area contributed by atoms with Gasteiger partial charge in [-0.05, 0) is 55.0 Å². The van der Waals surface area contributed by atoms with E-state index in [9.17, 15) is 13.2 Å². The minimum atomic E-state index is -3.38. The largest absolute Gasteiger partial charge is 0.330 e. The number of sulfonamides is 1. The molecule has 1 N–H and O–H groups in total. The number of benzene rings is 1. The quantitative estimate of drug-likeness (QED) is 0.878. The number of nitrogens with zero attached hydrogens (tertiary/aromatic N) is 2. The standard InChI is InChI=1S/C18H19N3O3S/c22-18(19-16-7-3-5-13-4-1-2-6-15(13)16)14-8-9-17-20-25(23,24)11-10-21(17)12-14/h3,5,7-9,12H,1-2,4,6,10-11H2,(H,19,22). The number of hydrogen-bond donors (Lipinski definition) is 1. The number of anilines is 1. The van der Waals surface area contributed by atoms with Gasteiger partial charge in [-0.25, -0.2) is 8.42 Å². The first kappa shape index (κ1) is 16.1. The Morgan fingerprint density at radius 3 is 2.88 bits per heavy atom. The summed E-state index contributed by atoms with van der Waals surface area (Å²) in [5, 5.41) is 3.01. The van der Waals surface area contributed by atoms with Gasteiger partial charge in [0, 0.05) is 18.4 Å². The topological polar surface area (TPSA) is 78.8 Å². The maximum absolute atomic E-state index is 12.6. The van der Waals surface area contributed by atoms with E-state index in [0.717, 1.165) is 24.9 Å². The summed E-state index contributed by atoms with van der Waals surface area (Å²) in [6, 6.07) is 6.04. The van der Waals surface area contributed by atoms with Crippen molar-refractivity contribution >= 4 is 27.5 Å². The molecular formula is C18H19N3O3S. The molecule has 0 spiro atoms. The zero-order valence-electron chi connectivity index (χ0n) is 13.7. The Hall–Kier alpha value is -2.41. The van der Waals surface area contributed by atoms with Crippen LogP contribution in [0.4, 0.5) is 5.69 Å². The third-order valence-electron chi connectivity index (χ3n) is 4.73. The van der Waals surface area contributed by atoms with Gasteiger partial charge < -0.3 is 10.2 Å². The number of aryl methyl sites for hydroxylation is 1. The first-order valence-electron chi connectivity index (χ1n) is 8.43. The van der Waals surface area contributed by atoms with E-state index in [0.29, 0.717) is 18.0 Å². The van der Waals surface area contributed by atoms with Crippen molar-refractivity contribution < 1.29 is 13.2 Å². The molecule has 130 valence electrons. The predicted octanol–water partition coefficient (Wildman–Crippen LogP) is 2.00. The van der Waals surface area contributed by atoms with Crippen molar-refractivity contribution in [2.45, 2.75) is 25.7 Å². The SMILES string of the molecule is O=C(Nc1cccc2c1CCCC2)C1=CN2CCS(=O)(=O)N=C2C=C1. The summed E-state index contributed by atoms with van der Waals surface area (Å²) >= 11 is 0. The van der Waals surface area contributed by atoms with E-state index in [1.54, 1.807) is 23.3 Å². The summed E-state index contributed by atoms with van der Waals surface area (Å²) < 4.78 is 26.8. The van der Waals surface area contributed by atoms with Crippen LogP contribution in [-0.2, 0) is 27.7 Å². The number of fused-ring (bicyclic) bond motifs is 2. The van der Waals surface area contributed by atoms with Gasteiger partial charge in [-0.3, -0.25) is 4.79 Å². The average Bonchev–Trinajstić information content (AvgIpc) is 2.61. The van der Waals surface area contributed by atoms with Gasteiger partial charge in [-0.1, -0.05) is 12.1 Å². The normalized spacial score (nSPS) is 20.9. The van der Waals surface area contributed by atoms with Gasteiger partial charge in [0.2, 0.25) is 0 Å². The first-order chi connectivity index (χ1) is 12.0. The molecule has 1 amide bonds. The number of hydrogen-bond acceptors (Lipinski definition) is 4. The second-order valence-electron chi connectivity index (χ2n) is 6.45. The van der Waals surface area contributed by atoms with Gasteiger partial charge in [0.15, 0.2) is 0 Å². The van der Waals surface area contributed by atoms with E-state index >= 15 is 0 Å². The van der Waals surface area contributed by atoms with E-state index in [1.807, 2.05) is 12.1 Å². The van der Waals surface area contributed by atoms with Crippen molar-refractivity contribution in [1.29, 1.82) is 0 Å². The average molecular weight is 357 g/mol. The van der Waals surface area contributed by atoms with Crippen molar-refractivity contribution in [2.24, 2.45) is 4.40 Å². The fourth-order valence-electron chi connectivity index (χ4n) is 3.43. The zero-order chi connectivity index (χ0) is 17.4. The van der Waals surface area contributed by atoms with Crippen LogP contribution in [0.2, 0.25) is 0 Å². The van der Waals surface area contributed by atoms with Crippen LogP contribution in [0, 0.1) is 0 Å². The first-order valence-corrected chi connectivity index (χ1v) is 10.0. The molecule has 0 unspecified atom stereocenters. The van der Waals surface area contributed by atoms with Crippen molar-refractivity contribution in [3.63, 3.8) is 0 Å². The Balaban J connectivity index is 1.56. The molecule has 0 saturated heterocycles. The summed E-state index contributed by atoms with van der Waals surface area (Å²) in [6.07, 6.45) is 9.24. The second-order valence-corrected chi connectivity index (χ2v) is 8.21. The van der Waals surface area contributed by atoms with Gasteiger partial charge in [0.05, 0.1) is 11.3 Å². The highest BCUT2D eigenvalue weighted by Crippen LogP contribution is 2.28. The zero-order valence-corrected chi connectivity index (χ0v) is 14.6. The molecule has 2 aliphatic heterocycles. The Bertz CT molecular complexity index is 929. The molecule has 6 nitrogen and oxygen atoms in total. The van der Waals surface area contributed by atoms with E-state index in [1.165, 1.54) is 17.5 Å². The fourth-order valence-corrected chi connectivity index (χ4v) is 4.40. The molecule has 0 fully saturated rings. The van der Waals surface area contributed by atoms with Crippen LogP contribution in [-0.4, -0.2) is 37.4 Å². The van der Waals surface area contributed by atoms with E-state index in [-0.39, 0.29) is 11.7 Å². The molecule has 0 aromatic heterocycles. The fraction of sp³-hybridized carbons (Fsp3) is 0.333. The molecule has 0 radical (unpaired) electrons. The number of amidine groups is 1. The van der Waals surface area contributed by atoms with Crippen molar-refractivity contribution in [2.75, 3.05) is 17.6 Å². The highest BCUT2D eigenvalue weighted by molar-refractivity contribution is 7.90. The highest BCUT2D eigenvalue weighted by atomic mass is 32.2. The maximum atomic E-state index is 12.6. The molecule has 3 aliphatic rings. The second kappa shape index (κ2) is 6.15. The lowest BCUT2D eigenvalue weighted by Crippen LogP contribution is -2.37. The number of carbonyl (C=O) groups excluding carboxylic acids is 1. The number of nitrogens with one attached hydrogen (secondary N) is 1. The Labute approximate surface area is 147 Å². The smallest absolute Gasteiger partial charge is 0.257 e. The molecule has 1 aromatic rings. The van der Waals surface area contributed by atoms with Crippen molar-refractivity contribution in [1.82, 2.24) is 4.90 Å². The van der Waals surface area contributed by atoms with Crippen LogP contribution in [0.15, 0.2) is 46.5 Å². The maximum Gasteiger partial charge on any atom is 0.257 e. The van der Waals surface area contributed by atoms with Crippen LogP contribution in [0.3, 0.4) is 0 Å².